The normalized spacial score (nSPS) is 14.3. The molecule has 5 rings (SSSR count). The van der Waals surface area contributed by atoms with Crippen molar-refractivity contribution in [1.82, 2.24) is 0 Å². The van der Waals surface area contributed by atoms with Crippen LogP contribution in [-0.4, -0.2) is 44.4 Å². The standard InChI is InChI=1S/C33H30N4O4/c1-4-41-32(38)33(23-34-26-15-19-28(39-2)20-16-26)30(24-11-7-5-8-12-24)35-37(27-17-21-29(40-3)22-18-27)36-31(33)25-13-9-6-10-14-25/h5-23H,4H2,1-3H3. The summed E-state index contributed by atoms with van der Waals surface area (Å²) in [6.07, 6.45) is 1.59. The van der Waals surface area contributed by atoms with Gasteiger partial charge in [0.2, 0.25) is 0 Å². The first-order chi connectivity index (χ1) is 20.1. The number of carbonyl (C=O) groups excluding carboxylic acids is 1. The fourth-order valence-electron chi connectivity index (χ4n) is 4.53. The number of hydrazone groups is 2. The second-order valence-corrected chi connectivity index (χ2v) is 9.10. The maximum Gasteiger partial charge on any atom is 0.330 e. The average Bonchev–Trinajstić information content (AvgIpc) is 3.04. The minimum Gasteiger partial charge on any atom is -0.497 e. The summed E-state index contributed by atoms with van der Waals surface area (Å²) >= 11 is 0. The first-order valence-electron chi connectivity index (χ1n) is 13.2. The highest BCUT2D eigenvalue weighted by Crippen LogP contribution is 2.36. The number of benzene rings is 4. The monoisotopic (exact) mass is 546 g/mol. The van der Waals surface area contributed by atoms with E-state index in [-0.39, 0.29) is 6.61 Å². The van der Waals surface area contributed by atoms with Crippen molar-refractivity contribution in [2.45, 2.75) is 6.92 Å². The van der Waals surface area contributed by atoms with Gasteiger partial charge >= 0.3 is 5.97 Å². The molecule has 8 nitrogen and oxygen atoms in total. The highest BCUT2D eigenvalue weighted by Gasteiger charge is 2.52. The Balaban J connectivity index is 1.78. The van der Waals surface area contributed by atoms with Crippen molar-refractivity contribution in [3.8, 4) is 11.5 Å². The van der Waals surface area contributed by atoms with E-state index >= 15 is 0 Å². The molecule has 0 radical (unpaired) electrons. The molecule has 0 aromatic heterocycles. The Labute approximate surface area is 239 Å². The van der Waals surface area contributed by atoms with E-state index in [1.54, 1.807) is 27.4 Å². The van der Waals surface area contributed by atoms with Gasteiger partial charge in [0.25, 0.3) is 0 Å². The van der Waals surface area contributed by atoms with Crippen molar-refractivity contribution in [2.75, 3.05) is 25.9 Å². The van der Waals surface area contributed by atoms with Crippen molar-refractivity contribution in [3.05, 3.63) is 120 Å². The molecule has 0 atom stereocenters. The van der Waals surface area contributed by atoms with Gasteiger partial charge < -0.3 is 14.2 Å². The Hall–Kier alpha value is -5.24. The molecule has 0 spiro atoms. The SMILES string of the molecule is CCOC(=O)C1(C=Nc2ccc(OC)cc2)C(c2ccccc2)=NN(c2ccc(OC)cc2)N=C1c1ccccc1. The van der Waals surface area contributed by atoms with E-state index in [0.717, 1.165) is 11.1 Å². The quantitative estimate of drug-likeness (QED) is 0.182. The highest BCUT2D eigenvalue weighted by atomic mass is 16.5. The molecule has 0 saturated carbocycles. The summed E-state index contributed by atoms with van der Waals surface area (Å²) in [6, 6.07) is 33.7. The maximum absolute atomic E-state index is 14.2. The van der Waals surface area contributed by atoms with E-state index in [1.807, 2.05) is 109 Å². The van der Waals surface area contributed by atoms with Crippen molar-refractivity contribution >= 4 is 35.0 Å². The van der Waals surface area contributed by atoms with Gasteiger partial charge in [-0.15, -0.1) is 0 Å². The predicted molar refractivity (Wildman–Crippen MR) is 162 cm³/mol. The molecule has 0 amide bonds. The van der Waals surface area contributed by atoms with Gasteiger partial charge in [-0.1, -0.05) is 60.7 Å². The smallest absolute Gasteiger partial charge is 0.330 e. The zero-order chi connectivity index (χ0) is 28.7. The second kappa shape index (κ2) is 12.3. The Morgan fingerprint density at radius 1 is 0.756 bits per heavy atom. The van der Waals surface area contributed by atoms with E-state index in [9.17, 15) is 4.79 Å². The van der Waals surface area contributed by atoms with Crippen LogP contribution in [0.3, 0.4) is 0 Å². The lowest BCUT2D eigenvalue weighted by molar-refractivity contribution is -0.145. The third-order valence-electron chi connectivity index (χ3n) is 6.61. The molecule has 41 heavy (non-hydrogen) atoms. The number of hydrogen-bond donors (Lipinski definition) is 0. The zero-order valence-electron chi connectivity index (χ0n) is 23.1. The van der Waals surface area contributed by atoms with Crippen molar-refractivity contribution in [2.24, 2.45) is 20.6 Å². The fourth-order valence-corrected chi connectivity index (χ4v) is 4.53. The van der Waals surface area contributed by atoms with E-state index in [4.69, 9.17) is 29.4 Å². The van der Waals surface area contributed by atoms with Crippen molar-refractivity contribution in [1.29, 1.82) is 0 Å². The molecular weight excluding hydrogens is 516 g/mol. The average molecular weight is 547 g/mol. The fraction of sp³-hybridized carbons (Fsp3) is 0.152. The summed E-state index contributed by atoms with van der Waals surface area (Å²) in [5, 5.41) is 11.4. The zero-order valence-corrected chi connectivity index (χ0v) is 23.1. The van der Waals surface area contributed by atoms with E-state index in [2.05, 4.69) is 0 Å². The minimum atomic E-state index is -1.57. The van der Waals surface area contributed by atoms with Crippen LogP contribution in [0.2, 0.25) is 0 Å². The highest BCUT2D eigenvalue weighted by molar-refractivity contribution is 6.43. The van der Waals surface area contributed by atoms with Gasteiger partial charge in [0.05, 0.1) is 43.6 Å². The lowest BCUT2D eigenvalue weighted by Crippen LogP contribution is -2.53. The third-order valence-corrected chi connectivity index (χ3v) is 6.61. The summed E-state index contributed by atoms with van der Waals surface area (Å²) in [5.41, 5.74) is 2.06. The van der Waals surface area contributed by atoms with Gasteiger partial charge in [-0.3, -0.25) is 9.79 Å². The number of ether oxygens (including phenoxy) is 3. The number of methoxy groups -OCH3 is 2. The van der Waals surface area contributed by atoms with Gasteiger partial charge in [0.1, 0.15) is 11.5 Å². The van der Waals surface area contributed by atoms with E-state index < -0.39 is 11.4 Å². The molecule has 0 fully saturated rings. The Kier molecular flexibility index (Phi) is 8.20. The van der Waals surface area contributed by atoms with Gasteiger partial charge in [-0.2, -0.15) is 15.3 Å². The van der Waals surface area contributed by atoms with Crippen LogP contribution in [0.4, 0.5) is 11.4 Å². The Morgan fingerprint density at radius 3 is 1.71 bits per heavy atom. The number of nitrogens with zero attached hydrogens (tertiary/aromatic N) is 4. The minimum absolute atomic E-state index is 0.170. The molecule has 0 saturated heterocycles. The van der Waals surface area contributed by atoms with Crippen LogP contribution in [0.1, 0.15) is 18.1 Å². The van der Waals surface area contributed by atoms with Gasteiger partial charge in [0, 0.05) is 6.21 Å². The lowest BCUT2D eigenvalue weighted by atomic mass is 9.73. The number of carbonyl (C=O) groups is 1. The molecule has 1 heterocycles. The molecular formula is C33H30N4O4. The van der Waals surface area contributed by atoms with Crippen LogP contribution in [0, 0.1) is 5.41 Å². The Morgan fingerprint density at radius 2 is 1.24 bits per heavy atom. The topological polar surface area (TPSA) is 85.1 Å². The summed E-state index contributed by atoms with van der Waals surface area (Å²) < 4.78 is 16.4. The van der Waals surface area contributed by atoms with Crippen molar-refractivity contribution < 1.29 is 19.0 Å². The van der Waals surface area contributed by atoms with Crippen LogP contribution in [0.25, 0.3) is 0 Å². The second-order valence-electron chi connectivity index (χ2n) is 9.10. The molecule has 1 aliphatic rings. The maximum atomic E-state index is 14.2. The van der Waals surface area contributed by atoms with Gasteiger partial charge in [0.15, 0.2) is 5.41 Å². The first-order valence-corrected chi connectivity index (χ1v) is 13.2. The number of esters is 1. The molecule has 0 unspecified atom stereocenters. The van der Waals surface area contributed by atoms with Gasteiger partial charge in [-0.25, -0.2) is 0 Å². The van der Waals surface area contributed by atoms with Gasteiger partial charge in [-0.05, 0) is 66.6 Å². The number of anilines is 1. The number of hydrogen-bond acceptors (Lipinski definition) is 8. The van der Waals surface area contributed by atoms with Crippen LogP contribution in [0.15, 0.2) is 124 Å². The third kappa shape index (κ3) is 5.58. The van der Waals surface area contributed by atoms with E-state index in [1.165, 1.54) is 5.12 Å². The predicted octanol–water partition coefficient (Wildman–Crippen LogP) is 6.28. The molecule has 4 aromatic carbocycles. The largest absolute Gasteiger partial charge is 0.497 e. The summed E-state index contributed by atoms with van der Waals surface area (Å²) in [7, 11) is 3.22. The molecule has 8 heteroatoms. The summed E-state index contributed by atoms with van der Waals surface area (Å²) in [6.45, 7) is 1.95. The number of aliphatic imine (C=N–C) groups is 1. The molecule has 0 aliphatic carbocycles. The molecule has 0 N–H and O–H groups in total. The lowest BCUT2D eigenvalue weighted by Gasteiger charge is -2.36. The van der Waals surface area contributed by atoms with Crippen LogP contribution in [0.5, 0.6) is 11.5 Å². The molecule has 1 aliphatic heterocycles. The Bertz CT molecular complexity index is 1510. The van der Waals surface area contributed by atoms with E-state index in [0.29, 0.717) is 34.3 Å². The molecule has 206 valence electrons. The number of rotatable bonds is 9. The summed E-state index contributed by atoms with van der Waals surface area (Å²) in [5.74, 6) is 0.879. The molecule has 4 aromatic rings. The summed E-state index contributed by atoms with van der Waals surface area (Å²) in [4.78, 5) is 19.0. The van der Waals surface area contributed by atoms with Crippen LogP contribution in [-0.2, 0) is 9.53 Å². The van der Waals surface area contributed by atoms with Crippen molar-refractivity contribution in [3.63, 3.8) is 0 Å². The molecule has 0 bridgehead atoms. The first kappa shape index (κ1) is 27.3. The van der Waals surface area contributed by atoms with Crippen LogP contribution >= 0.6 is 0 Å². The van der Waals surface area contributed by atoms with Crippen LogP contribution < -0.4 is 14.6 Å².